The van der Waals surface area contributed by atoms with Gasteiger partial charge in [0.25, 0.3) is 5.91 Å². The molecule has 2 rings (SSSR count). The largest absolute Gasteiger partial charge is 0.497 e. The van der Waals surface area contributed by atoms with Crippen LogP contribution >= 0.6 is 0 Å². The molecule has 4 heteroatoms. The molecule has 24 heavy (non-hydrogen) atoms. The maximum absolute atomic E-state index is 12.5. The number of benzene rings is 2. The van der Waals surface area contributed by atoms with Crippen LogP contribution in [0.3, 0.4) is 0 Å². The van der Waals surface area contributed by atoms with Gasteiger partial charge in [-0.2, -0.15) is 0 Å². The molecule has 0 aliphatic carbocycles. The van der Waals surface area contributed by atoms with Crippen molar-refractivity contribution in [2.24, 2.45) is 0 Å². The van der Waals surface area contributed by atoms with Crippen LogP contribution in [-0.2, 0) is 4.79 Å². The first kappa shape index (κ1) is 17.9. The minimum Gasteiger partial charge on any atom is -0.497 e. The van der Waals surface area contributed by atoms with Gasteiger partial charge in [0.05, 0.1) is 13.2 Å². The molecule has 0 aliphatic rings. The number of ether oxygens (including phenoxy) is 2. The van der Waals surface area contributed by atoms with Gasteiger partial charge in [0.2, 0.25) is 0 Å². The van der Waals surface area contributed by atoms with Gasteiger partial charge in [0.1, 0.15) is 11.5 Å². The van der Waals surface area contributed by atoms with Gasteiger partial charge in [-0.25, -0.2) is 0 Å². The molecule has 0 bridgehead atoms. The Bertz CT molecular complexity index is 650. The number of hydrogen-bond donors (Lipinski definition) is 1. The van der Waals surface area contributed by atoms with Gasteiger partial charge in [0, 0.05) is 0 Å². The maximum Gasteiger partial charge on any atom is 0.261 e. The molecule has 2 aromatic carbocycles. The summed E-state index contributed by atoms with van der Waals surface area (Å²) >= 11 is 0. The Morgan fingerprint density at radius 1 is 1.04 bits per heavy atom. The van der Waals surface area contributed by atoms with Crippen LogP contribution in [0.15, 0.2) is 48.5 Å². The van der Waals surface area contributed by atoms with Crippen molar-refractivity contribution < 1.29 is 14.3 Å². The number of rotatable bonds is 7. The van der Waals surface area contributed by atoms with E-state index < -0.39 is 6.10 Å². The number of carbonyl (C=O) groups is 1. The third-order valence-electron chi connectivity index (χ3n) is 3.94. The van der Waals surface area contributed by atoms with Crippen LogP contribution in [0.2, 0.25) is 0 Å². The number of carbonyl (C=O) groups excluding carboxylic acids is 1. The Hall–Kier alpha value is -2.49. The first-order valence-corrected chi connectivity index (χ1v) is 8.21. The molecule has 2 aromatic rings. The van der Waals surface area contributed by atoms with E-state index in [9.17, 15) is 4.79 Å². The van der Waals surface area contributed by atoms with Crippen molar-refractivity contribution >= 4 is 5.91 Å². The molecule has 0 radical (unpaired) electrons. The van der Waals surface area contributed by atoms with Crippen LogP contribution in [-0.4, -0.2) is 19.1 Å². The fourth-order valence-corrected chi connectivity index (χ4v) is 2.39. The summed E-state index contributed by atoms with van der Waals surface area (Å²) in [6.45, 7) is 5.95. The molecule has 1 N–H and O–H groups in total. The molecule has 0 aliphatic heterocycles. The standard InChI is InChI=1S/C20H25NO3/c1-5-19(24-18-12-10-17(23-4)11-13-18)20(22)21-15(3)16-8-6-14(2)7-9-16/h6-13,15,19H,5H2,1-4H3,(H,21,22). The molecule has 0 heterocycles. The Morgan fingerprint density at radius 2 is 1.62 bits per heavy atom. The summed E-state index contributed by atoms with van der Waals surface area (Å²) in [6, 6.07) is 15.3. The van der Waals surface area contributed by atoms with E-state index in [2.05, 4.69) is 5.32 Å². The van der Waals surface area contributed by atoms with E-state index in [1.165, 1.54) is 5.56 Å². The van der Waals surface area contributed by atoms with Gasteiger partial charge in [-0.05, 0) is 50.1 Å². The molecular formula is C20H25NO3. The highest BCUT2D eigenvalue weighted by atomic mass is 16.5. The third-order valence-corrected chi connectivity index (χ3v) is 3.94. The van der Waals surface area contributed by atoms with Crippen molar-refractivity contribution in [1.29, 1.82) is 0 Å². The lowest BCUT2D eigenvalue weighted by Crippen LogP contribution is -2.39. The van der Waals surface area contributed by atoms with Crippen LogP contribution in [0.4, 0.5) is 0 Å². The topological polar surface area (TPSA) is 47.6 Å². The van der Waals surface area contributed by atoms with Crippen molar-refractivity contribution in [3.8, 4) is 11.5 Å². The van der Waals surface area contributed by atoms with E-state index in [-0.39, 0.29) is 11.9 Å². The summed E-state index contributed by atoms with van der Waals surface area (Å²) in [6.07, 6.45) is 0.0738. The van der Waals surface area contributed by atoms with Crippen LogP contribution in [0.5, 0.6) is 11.5 Å². The predicted octanol–water partition coefficient (Wildman–Crippen LogP) is 4.04. The fourth-order valence-electron chi connectivity index (χ4n) is 2.39. The molecular weight excluding hydrogens is 302 g/mol. The first-order valence-electron chi connectivity index (χ1n) is 8.21. The summed E-state index contributed by atoms with van der Waals surface area (Å²) in [5.74, 6) is 1.30. The van der Waals surface area contributed by atoms with Crippen molar-refractivity contribution in [2.45, 2.75) is 39.3 Å². The van der Waals surface area contributed by atoms with Gasteiger partial charge in [-0.3, -0.25) is 4.79 Å². The van der Waals surface area contributed by atoms with Gasteiger partial charge in [-0.1, -0.05) is 36.8 Å². The highest BCUT2D eigenvalue weighted by molar-refractivity contribution is 5.81. The summed E-state index contributed by atoms with van der Waals surface area (Å²) in [7, 11) is 1.62. The molecule has 4 nitrogen and oxygen atoms in total. The average Bonchev–Trinajstić information content (AvgIpc) is 2.60. The summed E-state index contributed by atoms with van der Waals surface area (Å²) < 4.78 is 10.9. The van der Waals surface area contributed by atoms with E-state index in [1.807, 2.05) is 57.2 Å². The number of methoxy groups -OCH3 is 1. The van der Waals surface area contributed by atoms with Crippen molar-refractivity contribution in [1.82, 2.24) is 5.32 Å². The summed E-state index contributed by atoms with van der Waals surface area (Å²) in [5.41, 5.74) is 2.28. The summed E-state index contributed by atoms with van der Waals surface area (Å²) in [4.78, 5) is 12.5. The molecule has 0 saturated heterocycles. The van der Waals surface area contributed by atoms with Gasteiger partial charge >= 0.3 is 0 Å². The molecule has 0 aromatic heterocycles. The second-order valence-electron chi connectivity index (χ2n) is 5.83. The van der Waals surface area contributed by atoms with Crippen LogP contribution in [0, 0.1) is 6.92 Å². The SMILES string of the molecule is CCC(Oc1ccc(OC)cc1)C(=O)NC(C)c1ccc(C)cc1. The minimum atomic E-state index is -0.522. The lowest BCUT2D eigenvalue weighted by atomic mass is 10.1. The van der Waals surface area contributed by atoms with Gasteiger partial charge in [0.15, 0.2) is 6.10 Å². The van der Waals surface area contributed by atoms with E-state index in [4.69, 9.17) is 9.47 Å². The maximum atomic E-state index is 12.5. The van der Waals surface area contributed by atoms with Gasteiger partial charge in [-0.15, -0.1) is 0 Å². The van der Waals surface area contributed by atoms with Crippen molar-refractivity contribution in [3.05, 3.63) is 59.7 Å². The second kappa shape index (κ2) is 8.39. The molecule has 2 atom stereocenters. The Morgan fingerprint density at radius 3 is 2.17 bits per heavy atom. The van der Waals surface area contributed by atoms with Crippen molar-refractivity contribution in [3.63, 3.8) is 0 Å². The molecule has 128 valence electrons. The average molecular weight is 327 g/mol. The molecule has 0 saturated carbocycles. The Balaban J connectivity index is 1.98. The van der Waals surface area contributed by atoms with Crippen LogP contribution < -0.4 is 14.8 Å². The minimum absolute atomic E-state index is 0.0633. The number of amides is 1. The quantitative estimate of drug-likeness (QED) is 0.835. The second-order valence-corrected chi connectivity index (χ2v) is 5.83. The van der Waals surface area contributed by atoms with E-state index in [0.717, 1.165) is 11.3 Å². The van der Waals surface area contributed by atoms with Crippen LogP contribution in [0.25, 0.3) is 0 Å². The number of nitrogens with one attached hydrogen (secondary N) is 1. The lowest BCUT2D eigenvalue weighted by molar-refractivity contribution is -0.128. The Kier molecular flexibility index (Phi) is 6.24. The zero-order valence-corrected chi connectivity index (χ0v) is 14.7. The zero-order valence-electron chi connectivity index (χ0n) is 14.7. The smallest absolute Gasteiger partial charge is 0.261 e. The molecule has 0 fully saturated rings. The van der Waals surface area contributed by atoms with Crippen molar-refractivity contribution in [2.75, 3.05) is 7.11 Å². The Labute approximate surface area is 143 Å². The fraction of sp³-hybridized carbons (Fsp3) is 0.350. The molecule has 2 unspecified atom stereocenters. The molecule has 0 spiro atoms. The van der Waals surface area contributed by atoms with Gasteiger partial charge < -0.3 is 14.8 Å². The van der Waals surface area contributed by atoms with Crippen LogP contribution in [0.1, 0.15) is 37.4 Å². The van der Waals surface area contributed by atoms with E-state index >= 15 is 0 Å². The number of aryl methyl sites for hydroxylation is 1. The number of hydrogen-bond acceptors (Lipinski definition) is 3. The monoisotopic (exact) mass is 327 g/mol. The van der Waals surface area contributed by atoms with E-state index in [1.54, 1.807) is 19.2 Å². The molecule has 1 amide bonds. The first-order chi connectivity index (χ1) is 11.5. The normalized spacial score (nSPS) is 13.0. The zero-order chi connectivity index (χ0) is 17.5. The van der Waals surface area contributed by atoms with E-state index in [0.29, 0.717) is 12.2 Å². The summed E-state index contributed by atoms with van der Waals surface area (Å²) in [5, 5.41) is 3.02. The predicted molar refractivity (Wildman–Crippen MR) is 95.4 cm³/mol. The highest BCUT2D eigenvalue weighted by Gasteiger charge is 2.20. The lowest BCUT2D eigenvalue weighted by Gasteiger charge is -2.21. The highest BCUT2D eigenvalue weighted by Crippen LogP contribution is 2.20. The third kappa shape index (κ3) is 4.75.